The van der Waals surface area contributed by atoms with Gasteiger partial charge in [-0.1, -0.05) is 0 Å². The topological polar surface area (TPSA) is 104 Å². The first kappa shape index (κ1) is 15.3. The van der Waals surface area contributed by atoms with Crippen molar-refractivity contribution in [2.24, 2.45) is 0 Å². The van der Waals surface area contributed by atoms with Crippen LogP contribution in [0.4, 0.5) is 11.8 Å². The Morgan fingerprint density at radius 3 is 2.91 bits per heavy atom. The molecular formula is C15H18N6O2. The highest BCUT2D eigenvalue weighted by Crippen LogP contribution is 2.31. The molecule has 0 unspecified atom stereocenters. The van der Waals surface area contributed by atoms with E-state index in [0.717, 1.165) is 18.5 Å². The van der Waals surface area contributed by atoms with Gasteiger partial charge in [0.05, 0.1) is 11.7 Å². The SMILES string of the molecule is Cc1nc(Nc2ncccn2)cc([C@@H]2CCCN2C(=O)CO)n1. The van der Waals surface area contributed by atoms with E-state index in [2.05, 4.69) is 25.3 Å². The standard InChI is InChI=1S/C15H18N6O2/c1-10-18-11(12-4-2-7-21(12)14(23)9-22)8-13(19-10)20-15-16-5-3-6-17-15/h3,5-6,8,12,22H,2,4,7,9H2,1H3,(H,16,17,18,19,20)/t12-/m0/s1. The average Bonchev–Trinajstić information content (AvgIpc) is 3.04. The van der Waals surface area contributed by atoms with E-state index >= 15 is 0 Å². The highest BCUT2D eigenvalue weighted by molar-refractivity contribution is 5.78. The molecule has 1 amide bonds. The lowest BCUT2D eigenvalue weighted by molar-refractivity contribution is -0.135. The van der Waals surface area contributed by atoms with Gasteiger partial charge in [-0.25, -0.2) is 19.9 Å². The van der Waals surface area contributed by atoms with E-state index in [1.54, 1.807) is 36.4 Å². The lowest BCUT2D eigenvalue weighted by Crippen LogP contribution is -2.33. The number of hydrogen-bond acceptors (Lipinski definition) is 7. The maximum absolute atomic E-state index is 11.9. The number of carbonyl (C=O) groups excluding carboxylic acids is 1. The Morgan fingerprint density at radius 1 is 1.39 bits per heavy atom. The van der Waals surface area contributed by atoms with Crippen LogP contribution >= 0.6 is 0 Å². The largest absolute Gasteiger partial charge is 0.387 e. The van der Waals surface area contributed by atoms with E-state index < -0.39 is 6.61 Å². The molecule has 0 radical (unpaired) electrons. The van der Waals surface area contributed by atoms with E-state index in [1.807, 2.05) is 0 Å². The number of aryl methyl sites for hydroxylation is 1. The number of anilines is 2. The molecule has 0 spiro atoms. The third-order valence-corrected chi connectivity index (χ3v) is 3.71. The first-order chi connectivity index (χ1) is 11.2. The average molecular weight is 314 g/mol. The predicted molar refractivity (Wildman–Crippen MR) is 82.9 cm³/mol. The van der Waals surface area contributed by atoms with Crippen molar-refractivity contribution < 1.29 is 9.90 Å². The Kier molecular flexibility index (Phi) is 4.42. The Bertz CT molecular complexity index is 694. The van der Waals surface area contributed by atoms with Crippen molar-refractivity contribution in [1.82, 2.24) is 24.8 Å². The van der Waals surface area contributed by atoms with Crippen molar-refractivity contribution in [2.45, 2.75) is 25.8 Å². The molecule has 2 N–H and O–H groups in total. The predicted octanol–water partition coefficient (Wildman–Crippen LogP) is 0.974. The van der Waals surface area contributed by atoms with E-state index in [1.165, 1.54) is 0 Å². The summed E-state index contributed by atoms with van der Waals surface area (Å²) in [6, 6.07) is 3.41. The minimum absolute atomic E-state index is 0.131. The maximum Gasteiger partial charge on any atom is 0.248 e. The second kappa shape index (κ2) is 6.66. The molecule has 0 aliphatic carbocycles. The quantitative estimate of drug-likeness (QED) is 0.866. The molecule has 2 aromatic heterocycles. The number of nitrogens with one attached hydrogen (secondary N) is 1. The van der Waals surface area contributed by atoms with Gasteiger partial charge < -0.3 is 15.3 Å². The van der Waals surface area contributed by atoms with E-state index in [9.17, 15) is 4.79 Å². The summed E-state index contributed by atoms with van der Waals surface area (Å²) in [4.78, 5) is 30.5. The number of amides is 1. The lowest BCUT2D eigenvalue weighted by Gasteiger charge is -2.24. The summed E-state index contributed by atoms with van der Waals surface area (Å²) >= 11 is 0. The minimum Gasteiger partial charge on any atom is -0.387 e. The molecule has 23 heavy (non-hydrogen) atoms. The van der Waals surface area contributed by atoms with Crippen LogP contribution in [0.5, 0.6) is 0 Å². The van der Waals surface area contributed by atoms with Crippen LogP contribution < -0.4 is 5.32 Å². The summed E-state index contributed by atoms with van der Waals surface area (Å²) in [7, 11) is 0. The highest BCUT2D eigenvalue weighted by atomic mass is 16.3. The summed E-state index contributed by atoms with van der Waals surface area (Å²) in [5.74, 6) is 1.36. The van der Waals surface area contributed by atoms with Crippen LogP contribution in [-0.2, 0) is 4.79 Å². The lowest BCUT2D eigenvalue weighted by atomic mass is 10.1. The van der Waals surface area contributed by atoms with Crippen molar-refractivity contribution in [1.29, 1.82) is 0 Å². The molecule has 1 aliphatic heterocycles. The molecular weight excluding hydrogens is 296 g/mol. The Morgan fingerprint density at radius 2 is 2.17 bits per heavy atom. The molecule has 120 valence electrons. The summed E-state index contributed by atoms with van der Waals surface area (Å²) < 4.78 is 0. The number of aromatic nitrogens is 4. The minimum atomic E-state index is -0.483. The van der Waals surface area contributed by atoms with Crippen LogP contribution in [-0.4, -0.2) is 49.0 Å². The molecule has 0 bridgehead atoms. The molecule has 8 heteroatoms. The number of carbonyl (C=O) groups is 1. The number of nitrogens with zero attached hydrogens (tertiary/aromatic N) is 5. The summed E-state index contributed by atoms with van der Waals surface area (Å²) in [6.07, 6.45) is 5.00. The van der Waals surface area contributed by atoms with Gasteiger partial charge in [0.15, 0.2) is 0 Å². The van der Waals surface area contributed by atoms with Gasteiger partial charge in [0.25, 0.3) is 0 Å². The Labute approximate surface area is 133 Å². The van der Waals surface area contributed by atoms with Crippen LogP contribution in [0, 0.1) is 6.92 Å². The van der Waals surface area contributed by atoms with E-state index in [4.69, 9.17) is 5.11 Å². The summed E-state index contributed by atoms with van der Waals surface area (Å²) in [5, 5.41) is 12.2. The van der Waals surface area contributed by atoms with Gasteiger partial charge in [-0.3, -0.25) is 4.79 Å². The molecule has 3 rings (SSSR count). The monoisotopic (exact) mass is 314 g/mol. The first-order valence-corrected chi connectivity index (χ1v) is 7.47. The van der Waals surface area contributed by atoms with Gasteiger partial charge in [-0.2, -0.15) is 0 Å². The molecule has 1 atom stereocenters. The van der Waals surface area contributed by atoms with E-state index in [-0.39, 0.29) is 11.9 Å². The third kappa shape index (κ3) is 3.42. The molecule has 1 saturated heterocycles. The number of hydrogen-bond donors (Lipinski definition) is 2. The Balaban J connectivity index is 1.87. The second-order valence-corrected chi connectivity index (χ2v) is 5.33. The van der Waals surface area contributed by atoms with Crippen LogP contribution in [0.1, 0.15) is 30.4 Å². The van der Waals surface area contributed by atoms with Crippen molar-refractivity contribution in [3.8, 4) is 0 Å². The molecule has 0 saturated carbocycles. The third-order valence-electron chi connectivity index (χ3n) is 3.71. The molecule has 8 nitrogen and oxygen atoms in total. The van der Waals surface area contributed by atoms with Crippen molar-refractivity contribution in [2.75, 3.05) is 18.5 Å². The summed E-state index contributed by atoms with van der Waals surface area (Å²) in [5.41, 5.74) is 0.759. The zero-order valence-electron chi connectivity index (χ0n) is 12.8. The first-order valence-electron chi connectivity index (χ1n) is 7.47. The molecule has 1 aliphatic rings. The van der Waals surface area contributed by atoms with Gasteiger partial charge >= 0.3 is 0 Å². The molecule has 0 aromatic carbocycles. The van der Waals surface area contributed by atoms with Crippen molar-refractivity contribution in [3.63, 3.8) is 0 Å². The van der Waals surface area contributed by atoms with Crippen LogP contribution in [0.3, 0.4) is 0 Å². The van der Waals surface area contributed by atoms with Crippen molar-refractivity contribution in [3.05, 3.63) is 36.0 Å². The van der Waals surface area contributed by atoms with Gasteiger partial charge in [-0.15, -0.1) is 0 Å². The normalized spacial score (nSPS) is 17.3. The zero-order valence-corrected chi connectivity index (χ0v) is 12.8. The fraction of sp³-hybridized carbons (Fsp3) is 0.400. The second-order valence-electron chi connectivity index (χ2n) is 5.33. The summed E-state index contributed by atoms with van der Waals surface area (Å²) in [6.45, 7) is 1.95. The number of likely N-dealkylation sites (tertiary alicyclic amines) is 1. The maximum atomic E-state index is 11.9. The molecule has 3 heterocycles. The van der Waals surface area contributed by atoms with Gasteiger partial charge in [0.2, 0.25) is 11.9 Å². The van der Waals surface area contributed by atoms with Crippen LogP contribution in [0.15, 0.2) is 24.5 Å². The molecule has 1 fully saturated rings. The van der Waals surface area contributed by atoms with Crippen LogP contribution in [0.2, 0.25) is 0 Å². The fourth-order valence-electron chi connectivity index (χ4n) is 2.77. The zero-order chi connectivity index (χ0) is 16.2. The smallest absolute Gasteiger partial charge is 0.248 e. The number of rotatable bonds is 4. The number of aliphatic hydroxyl groups is 1. The fourth-order valence-corrected chi connectivity index (χ4v) is 2.77. The van der Waals surface area contributed by atoms with Crippen LogP contribution in [0.25, 0.3) is 0 Å². The van der Waals surface area contributed by atoms with Gasteiger partial charge in [0, 0.05) is 25.0 Å². The Hall–Kier alpha value is -2.61. The number of aliphatic hydroxyl groups excluding tert-OH is 1. The highest BCUT2D eigenvalue weighted by Gasteiger charge is 2.30. The van der Waals surface area contributed by atoms with Crippen molar-refractivity contribution >= 4 is 17.7 Å². The molecule has 2 aromatic rings. The van der Waals surface area contributed by atoms with Gasteiger partial charge in [0.1, 0.15) is 18.2 Å². The van der Waals surface area contributed by atoms with Gasteiger partial charge in [-0.05, 0) is 25.8 Å². The van der Waals surface area contributed by atoms with E-state index in [0.29, 0.717) is 24.1 Å².